The van der Waals surface area contributed by atoms with Gasteiger partial charge < -0.3 is 4.90 Å². The van der Waals surface area contributed by atoms with Crippen molar-refractivity contribution < 1.29 is 4.79 Å². The third kappa shape index (κ3) is 2.34. The molecule has 1 N–H and O–H groups in total. The number of carbonyl (C=O) groups is 1. The number of fused-ring (bicyclic) bond motifs is 1. The molecule has 2 amide bonds. The minimum absolute atomic E-state index is 0.167. The normalized spacial score (nSPS) is 23.1. The topological polar surface area (TPSA) is 59.8 Å². The SMILES string of the molecule is CN(C)CCN1C(=N)C2C=CC=CC2=NC1=O. The number of aliphatic imine (C=N–C) groups is 1. The first kappa shape index (κ1) is 11.7. The summed E-state index contributed by atoms with van der Waals surface area (Å²) in [6, 6.07) is -0.331. The number of rotatable bonds is 3. The van der Waals surface area contributed by atoms with Crippen LogP contribution in [0.1, 0.15) is 0 Å². The van der Waals surface area contributed by atoms with Gasteiger partial charge in [-0.25, -0.2) is 4.79 Å². The Labute approximate surface area is 101 Å². The second-order valence-corrected chi connectivity index (χ2v) is 4.38. The number of allylic oxidation sites excluding steroid dienone is 3. The maximum Gasteiger partial charge on any atom is 0.349 e. The van der Waals surface area contributed by atoms with Crippen molar-refractivity contribution in [3.8, 4) is 0 Å². The van der Waals surface area contributed by atoms with Gasteiger partial charge in [0.1, 0.15) is 5.84 Å². The van der Waals surface area contributed by atoms with Crippen LogP contribution in [0.3, 0.4) is 0 Å². The summed E-state index contributed by atoms with van der Waals surface area (Å²) < 4.78 is 0. The molecule has 1 aliphatic carbocycles. The summed E-state index contributed by atoms with van der Waals surface area (Å²) in [6.07, 6.45) is 7.42. The third-order valence-electron chi connectivity index (χ3n) is 2.81. The highest BCUT2D eigenvalue weighted by Gasteiger charge is 2.32. The molecule has 0 spiro atoms. The third-order valence-corrected chi connectivity index (χ3v) is 2.81. The maximum atomic E-state index is 11.8. The molecule has 1 aliphatic heterocycles. The van der Waals surface area contributed by atoms with E-state index in [4.69, 9.17) is 5.41 Å². The van der Waals surface area contributed by atoms with Gasteiger partial charge in [0.05, 0.1) is 11.6 Å². The first-order valence-electron chi connectivity index (χ1n) is 5.57. The van der Waals surface area contributed by atoms with E-state index in [9.17, 15) is 4.79 Å². The predicted molar refractivity (Wildman–Crippen MR) is 67.6 cm³/mol. The zero-order valence-corrected chi connectivity index (χ0v) is 10.1. The largest absolute Gasteiger partial charge is 0.349 e. The summed E-state index contributed by atoms with van der Waals surface area (Å²) in [5, 5.41) is 8.07. The molecule has 0 aromatic carbocycles. The Balaban J connectivity index is 2.17. The van der Waals surface area contributed by atoms with Crippen molar-refractivity contribution in [2.75, 3.05) is 27.2 Å². The van der Waals surface area contributed by atoms with E-state index in [1.54, 1.807) is 6.08 Å². The van der Waals surface area contributed by atoms with Gasteiger partial charge in [0.25, 0.3) is 0 Å². The molecular weight excluding hydrogens is 216 g/mol. The quantitative estimate of drug-likeness (QED) is 0.793. The van der Waals surface area contributed by atoms with Gasteiger partial charge in [-0.2, -0.15) is 4.99 Å². The molecule has 2 rings (SSSR count). The summed E-state index contributed by atoms with van der Waals surface area (Å²) in [6.45, 7) is 1.24. The van der Waals surface area contributed by atoms with Crippen molar-refractivity contribution in [2.45, 2.75) is 0 Å². The van der Waals surface area contributed by atoms with Crippen molar-refractivity contribution in [3.05, 3.63) is 24.3 Å². The lowest BCUT2D eigenvalue weighted by Crippen LogP contribution is -2.47. The van der Waals surface area contributed by atoms with Gasteiger partial charge in [0, 0.05) is 13.1 Å². The second kappa shape index (κ2) is 4.63. The van der Waals surface area contributed by atoms with Crippen LogP contribution in [0.15, 0.2) is 29.3 Å². The van der Waals surface area contributed by atoms with Crippen LogP contribution < -0.4 is 0 Å². The van der Waals surface area contributed by atoms with Crippen molar-refractivity contribution in [1.29, 1.82) is 5.41 Å². The summed E-state index contributed by atoms with van der Waals surface area (Å²) in [7, 11) is 3.88. The number of amides is 2. The maximum absolute atomic E-state index is 11.8. The van der Waals surface area contributed by atoms with Crippen LogP contribution in [0.4, 0.5) is 4.79 Å². The van der Waals surface area contributed by atoms with E-state index in [-0.39, 0.29) is 11.9 Å². The number of carbonyl (C=O) groups excluding carboxylic acids is 1. The Bertz CT molecular complexity index is 434. The molecular formula is C12H16N4O. The van der Waals surface area contributed by atoms with Crippen LogP contribution in [0.2, 0.25) is 0 Å². The van der Waals surface area contributed by atoms with Crippen molar-refractivity contribution >= 4 is 17.6 Å². The van der Waals surface area contributed by atoms with Crippen LogP contribution in [0.5, 0.6) is 0 Å². The summed E-state index contributed by atoms with van der Waals surface area (Å²) in [5.74, 6) is 0.155. The number of nitrogens with zero attached hydrogens (tertiary/aromatic N) is 3. The highest BCUT2D eigenvalue weighted by atomic mass is 16.2. The zero-order chi connectivity index (χ0) is 12.4. The fourth-order valence-electron chi connectivity index (χ4n) is 1.83. The Morgan fingerprint density at radius 2 is 2.24 bits per heavy atom. The van der Waals surface area contributed by atoms with E-state index in [1.165, 1.54) is 4.90 Å². The number of hydrogen-bond acceptors (Lipinski definition) is 3. The second-order valence-electron chi connectivity index (χ2n) is 4.38. The van der Waals surface area contributed by atoms with Crippen LogP contribution in [0.25, 0.3) is 0 Å². The predicted octanol–water partition coefficient (Wildman–Crippen LogP) is 1.14. The smallest absolute Gasteiger partial charge is 0.308 e. The summed E-state index contributed by atoms with van der Waals surface area (Å²) >= 11 is 0. The van der Waals surface area contributed by atoms with E-state index in [1.807, 2.05) is 37.2 Å². The molecule has 5 nitrogen and oxygen atoms in total. The van der Waals surface area contributed by atoms with Crippen LogP contribution in [-0.2, 0) is 0 Å². The van der Waals surface area contributed by atoms with E-state index in [0.29, 0.717) is 18.1 Å². The summed E-state index contributed by atoms with van der Waals surface area (Å²) in [5.41, 5.74) is 0.670. The molecule has 0 aromatic rings. The van der Waals surface area contributed by atoms with E-state index < -0.39 is 0 Å². The Morgan fingerprint density at radius 3 is 2.94 bits per heavy atom. The summed E-state index contributed by atoms with van der Waals surface area (Å²) in [4.78, 5) is 19.2. The molecule has 0 aromatic heterocycles. The molecule has 17 heavy (non-hydrogen) atoms. The van der Waals surface area contributed by atoms with Gasteiger partial charge in [0.2, 0.25) is 0 Å². The fourth-order valence-corrected chi connectivity index (χ4v) is 1.83. The van der Waals surface area contributed by atoms with Gasteiger partial charge in [-0.1, -0.05) is 18.2 Å². The van der Waals surface area contributed by atoms with Crippen LogP contribution in [-0.4, -0.2) is 54.6 Å². The van der Waals surface area contributed by atoms with E-state index in [2.05, 4.69) is 4.99 Å². The van der Waals surface area contributed by atoms with Gasteiger partial charge in [-0.05, 0) is 20.2 Å². The number of nitrogens with one attached hydrogen (secondary N) is 1. The highest BCUT2D eigenvalue weighted by Crippen LogP contribution is 2.19. The van der Waals surface area contributed by atoms with E-state index >= 15 is 0 Å². The fraction of sp³-hybridized carbons (Fsp3) is 0.417. The molecule has 1 heterocycles. The van der Waals surface area contributed by atoms with E-state index in [0.717, 1.165) is 6.54 Å². The minimum Gasteiger partial charge on any atom is -0.308 e. The first-order chi connectivity index (χ1) is 8.09. The molecule has 1 unspecified atom stereocenters. The van der Waals surface area contributed by atoms with Crippen molar-refractivity contribution in [1.82, 2.24) is 9.80 Å². The Kier molecular flexibility index (Phi) is 3.19. The van der Waals surface area contributed by atoms with Gasteiger partial charge in [-0.3, -0.25) is 10.3 Å². The lowest BCUT2D eigenvalue weighted by molar-refractivity contribution is 0.224. The molecule has 90 valence electrons. The standard InChI is InChI=1S/C12H16N4O/c1-15(2)7-8-16-11(13)9-5-3-4-6-10(9)14-12(16)17/h3-6,9,13H,7-8H2,1-2H3. The zero-order valence-electron chi connectivity index (χ0n) is 10.1. The monoisotopic (exact) mass is 232 g/mol. The average molecular weight is 232 g/mol. The minimum atomic E-state index is -0.331. The number of urea groups is 1. The average Bonchev–Trinajstić information content (AvgIpc) is 2.28. The number of hydrogen-bond donors (Lipinski definition) is 1. The molecule has 0 radical (unpaired) electrons. The molecule has 0 fully saturated rings. The van der Waals surface area contributed by atoms with Crippen LogP contribution >= 0.6 is 0 Å². The van der Waals surface area contributed by atoms with Crippen LogP contribution in [0, 0.1) is 11.3 Å². The van der Waals surface area contributed by atoms with Gasteiger partial charge >= 0.3 is 6.03 Å². The Hall–Kier alpha value is -1.75. The lowest BCUT2D eigenvalue weighted by Gasteiger charge is -2.31. The number of amidine groups is 1. The van der Waals surface area contributed by atoms with Crippen molar-refractivity contribution in [2.24, 2.45) is 10.9 Å². The van der Waals surface area contributed by atoms with Crippen molar-refractivity contribution in [3.63, 3.8) is 0 Å². The highest BCUT2D eigenvalue weighted by molar-refractivity contribution is 6.22. The molecule has 1 atom stereocenters. The molecule has 0 saturated heterocycles. The molecule has 2 aliphatic rings. The number of likely N-dealkylation sites (N-methyl/N-ethyl adjacent to an activating group) is 1. The lowest BCUT2D eigenvalue weighted by atomic mass is 9.95. The first-order valence-corrected chi connectivity index (χ1v) is 5.57. The van der Waals surface area contributed by atoms with Gasteiger partial charge in [0.15, 0.2) is 0 Å². The Morgan fingerprint density at radius 1 is 1.47 bits per heavy atom. The molecule has 0 bridgehead atoms. The molecule has 0 saturated carbocycles. The molecule has 5 heteroatoms. The van der Waals surface area contributed by atoms with Gasteiger partial charge in [-0.15, -0.1) is 0 Å².